The van der Waals surface area contributed by atoms with E-state index in [4.69, 9.17) is 4.74 Å². The van der Waals surface area contributed by atoms with E-state index < -0.39 is 0 Å². The number of benzene rings is 1. The summed E-state index contributed by atoms with van der Waals surface area (Å²) in [4.78, 5) is 44.7. The molecule has 9 nitrogen and oxygen atoms in total. The molecule has 0 radical (unpaired) electrons. The second-order valence-electron chi connectivity index (χ2n) is 8.90. The number of H-pyrrole nitrogens is 1. The molecule has 9 heteroatoms. The van der Waals surface area contributed by atoms with Crippen molar-refractivity contribution in [2.45, 2.75) is 20.8 Å². The third-order valence-electron chi connectivity index (χ3n) is 6.54. The minimum absolute atomic E-state index is 0.127. The van der Waals surface area contributed by atoms with E-state index in [9.17, 15) is 14.4 Å². The maximum atomic E-state index is 13.0. The average molecular weight is 480 g/mol. The van der Waals surface area contributed by atoms with Crippen molar-refractivity contribution in [3.63, 3.8) is 0 Å². The van der Waals surface area contributed by atoms with E-state index in [0.29, 0.717) is 30.8 Å². The number of aromatic nitrogens is 1. The molecule has 3 N–H and O–H groups in total. The van der Waals surface area contributed by atoms with Crippen LogP contribution < -0.4 is 10.6 Å². The number of nitrogens with one attached hydrogen (secondary N) is 3. The van der Waals surface area contributed by atoms with Crippen LogP contribution in [0.15, 0.2) is 24.3 Å². The Morgan fingerprint density at radius 1 is 1.11 bits per heavy atom. The number of amides is 2. The lowest BCUT2D eigenvalue weighted by Crippen LogP contribution is -2.49. The molecule has 0 bridgehead atoms. The van der Waals surface area contributed by atoms with Crippen LogP contribution in [0.2, 0.25) is 0 Å². The molecular formula is C26H33N5O4. The van der Waals surface area contributed by atoms with Crippen LogP contribution >= 0.6 is 0 Å². The van der Waals surface area contributed by atoms with Gasteiger partial charge >= 0.3 is 5.97 Å². The number of hydrogen-bond acceptors (Lipinski definition) is 6. The third-order valence-corrected chi connectivity index (χ3v) is 6.54. The van der Waals surface area contributed by atoms with Crippen LogP contribution in [-0.4, -0.2) is 85.0 Å². The summed E-state index contributed by atoms with van der Waals surface area (Å²) in [7, 11) is 0. The number of rotatable bonds is 8. The first kappa shape index (κ1) is 24.7. The van der Waals surface area contributed by atoms with Crippen LogP contribution in [-0.2, 0) is 14.3 Å². The van der Waals surface area contributed by atoms with Crippen LogP contribution in [0.25, 0.3) is 11.6 Å². The van der Waals surface area contributed by atoms with Crippen LogP contribution in [0.4, 0.5) is 5.69 Å². The van der Waals surface area contributed by atoms with Gasteiger partial charge in [-0.1, -0.05) is 18.2 Å². The monoisotopic (exact) mass is 479 g/mol. The van der Waals surface area contributed by atoms with Crippen LogP contribution in [0, 0.1) is 13.8 Å². The molecule has 186 valence electrons. The molecule has 3 heterocycles. The summed E-state index contributed by atoms with van der Waals surface area (Å²) in [6, 6.07) is 7.57. The number of para-hydroxylation sites is 1. The zero-order valence-electron chi connectivity index (χ0n) is 20.6. The second-order valence-corrected chi connectivity index (χ2v) is 8.90. The topological polar surface area (TPSA) is 107 Å². The maximum Gasteiger partial charge on any atom is 0.320 e. The summed E-state index contributed by atoms with van der Waals surface area (Å²) in [6.07, 6.45) is 1.82. The van der Waals surface area contributed by atoms with Gasteiger partial charge in [0.15, 0.2) is 0 Å². The summed E-state index contributed by atoms with van der Waals surface area (Å²) in [5.74, 6) is -0.456. The minimum atomic E-state index is -0.182. The number of aryl methyl sites for hydroxylation is 1. The minimum Gasteiger partial charge on any atom is -0.465 e. The van der Waals surface area contributed by atoms with E-state index in [1.165, 1.54) is 0 Å². The molecular weight excluding hydrogens is 446 g/mol. The van der Waals surface area contributed by atoms with E-state index in [2.05, 4.69) is 25.4 Å². The molecule has 0 saturated carbocycles. The predicted molar refractivity (Wildman–Crippen MR) is 135 cm³/mol. The number of hydrogen-bond donors (Lipinski definition) is 3. The molecule has 2 amide bonds. The second kappa shape index (κ2) is 10.9. The number of carbonyl (C=O) groups excluding carboxylic acids is 3. The van der Waals surface area contributed by atoms with E-state index in [1.54, 1.807) is 0 Å². The largest absolute Gasteiger partial charge is 0.465 e. The van der Waals surface area contributed by atoms with Crippen molar-refractivity contribution in [1.29, 1.82) is 0 Å². The smallest absolute Gasteiger partial charge is 0.320 e. The number of anilines is 1. The van der Waals surface area contributed by atoms with Gasteiger partial charge in [-0.25, -0.2) is 0 Å². The first-order valence-electron chi connectivity index (χ1n) is 12.1. The normalized spacial score (nSPS) is 17.3. The van der Waals surface area contributed by atoms with Gasteiger partial charge < -0.3 is 20.4 Å². The number of esters is 1. The number of piperazine rings is 1. The Kier molecular flexibility index (Phi) is 7.67. The van der Waals surface area contributed by atoms with Gasteiger partial charge in [-0.05, 0) is 38.5 Å². The lowest BCUT2D eigenvalue weighted by molar-refractivity contribution is -0.144. The Morgan fingerprint density at radius 3 is 2.57 bits per heavy atom. The van der Waals surface area contributed by atoms with Gasteiger partial charge in [0, 0.05) is 61.9 Å². The highest BCUT2D eigenvalue weighted by atomic mass is 16.5. The molecule has 2 aromatic rings. The van der Waals surface area contributed by atoms with Crippen LogP contribution in [0.5, 0.6) is 0 Å². The zero-order chi connectivity index (χ0) is 24.9. The predicted octanol–water partition coefficient (Wildman–Crippen LogP) is 2.03. The quantitative estimate of drug-likeness (QED) is 0.395. The van der Waals surface area contributed by atoms with Gasteiger partial charge in [0.25, 0.3) is 11.8 Å². The van der Waals surface area contributed by atoms with Crippen molar-refractivity contribution < 1.29 is 19.1 Å². The third kappa shape index (κ3) is 5.63. The summed E-state index contributed by atoms with van der Waals surface area (Å²) in [5.41, 5.74) is 5.19. The first-order valence-corrected chi connectivity index (χ1v) is 12.1. The number of fused-ring (bicyclic) bond motifs is 1. The van der Waals surface area contributed by atoms with Crippen molar-refractivity contribution in [3.05, 3.63) is 52.3 Å². The molecule has 0 unspecified atom stereocenters. The fourth-order valence-electron chi connectivity index (χ4n) is 4.66. The fourth-order valence-corrected chi connectivity index (χ4v) is 4.66. The molecule has 4 rings (SSSR count). The lowest BCUT2D eigenvalue weighted by Gasteiger charge is -2.34. The number of ether oxygens (including phenoxy) is 1. The van der Waals surface area contributed by atoms with E-state index in [0.717, 1.165) is 60.9 Å². The summed E-state index contributed by atoms with van der Waals surface area (Å²) >= 11 is 0. The van der Waals surface area contributed by atoms with Crippen molar-refractivity contribution >= 4 is 35.1 Å². The Hall–Kier alpha value is -3.43. The molecule has 2 aliphatic rings. The van der Waals surface area contributed by atoms with E-state index in [-0.39, 0.29) is 17.8 Å². The standard InChI is InChI=1S/C26H33N5O4/c1-4-35-23(32)16-31-13-11-30(12-14-31)10-9-27-26(34)24-17(2)22(28-18(24)3)15-20-19-7-5-6-8-21(19)29-25(20)33/h5-8,15,28H,4,9-14,16H2,1-3H3,(H,27,34)(H,29,33). The zero-order valence-corrected chi connectivity index (χ0v) is 20.6. The highest BCUT2D eigenvalue weighted by molar-refractivity contribution is 6.34. The van der Waals surface area contributed by atoms with Gasteiger partial charge in [-0.3, -0.25) is 24.2 Å². The van der Waals surface area contributed by atoms with Crippen molar-refractivity contribution in [2.75, 3.05) is 57.7 Å². The number of aromatic amines is 1. The molecule has 1 saturated heterocycles. The maximum absolute atomic E-state index is 13.0. The molecule has 0 atom stereocenters. The van der Waals surface area contributed by atoms with Gasteiger partial charge in [0.2, 0.25) is 0 Å². The summed E-state index contributed by atoms with van der Waals surface area (Å²) in [5, 5.41) is 5.91. The Bertz CT molecular complexity index is 1140. The molecule has 1 aromatic heterocycles. The summed E-state index contributed by atoms with van der Waals surface area (Å²) < 4.78 is 5.02. The molecule has 1 fully saturated rings. The van der Waals surface area contributed by atoms with Crippen molar-refractivity contribution in [2.24, 2.45) is 0 Å². The lowest BCUT2D eigenvalue weighted by atomic mass is 10.0. The molecule has 1 aromatic carbocycles. The van der Waals surface area contributed by atoms with Gasteiger partial charge in [-0.2, -0.15) is 0 Å². The first-order chi connectivity index (χ1) is 16.9. The van der Waals surface area contributed by atoms with Crippen molar-refractivity contribution in [3.8, 4) is 0 Å². The highest BCUT2D eigenvalue weighted by Crippen LogP contribution is 2.33. The average Bonchev–Trinajstić information content (AvgIpc) is 3.30. The Morgan fingerprint density at radius 2 is 1.83 bits per heavy atom. The number of nitrogens with zero attached hydrogens (tertiary/aromatic N) is 2. The molecule has 2 aliphatic heterocycles. The molecule has 35 heavy (non-hydrogen) atoms. The molecule has 0 aliphatic carbocycles. The van der Waals surface area contributed by atoms with Gasteiger partial charge in [0.1, 0.15) is 0 Å². The van der Waals surface area contributed by atoms with Gasteiger partial charge in [-0.15, -0.1) is 0 Å². The number of carbonyl (C=O) groups is 3. The SMILES string of the molecule is CCOC(=O)CN1CCN(CCNC(=O)c2c(C)[nH]c(C=C3C(=O)Nc4ccccc43)c2C)CC1. The summed E-state index contributed by atoms with van der Waals surface area (Å²) in [6.45, 7) is 10.9. The molecule has 0 spiro atoms. The van der Waals surface area contributed by atoms with Crippen LogP contribution in [0.1, 0.15) is 39.8 Å². The van der Waals surface area contributed by atoms with Gasteiger partial charge in [0.05, 0.1) is 24.3 Å². The van der Waals surface area contributed by atoms with E-state index in [1.807, 2.05) is 51.1 Å². The highest BCUT2D eigenvalue weighted by Gasteiger charge is 2.25. The van der Waals surface area contributed by atoms with E-state index >= 15 is 0 Å². The Labute approximate surface area is 205 Å². The van der Waals surface area contributed by atoms with Crippen molar-refractivity contribution in [1.82, 2.24) is 20.1 Å². The fraction of sp³-hybridized carbons (Fsp3) is 0.423. The van der Waals surface area contributed by atoms with Crippen LogP contribution in [0.3, 0.4) is 0 Å². The Balaban J connectivity index is 1.32.